The van der Waals surface area contributed by atoms with Gasteiger partial charge in [-0.3, -0.25) is 14.4 Å². The number of nitrogens with one attached hydrogen (secondary N) is 2. The Bertz CT molecular complexity index is 1360. The minimum atomic E-state index is -3.19. The van der Waals surface area contributed by atoms with Crippen LogP contribution in [0.2, 0.25) is 0 Å². The van der Waals surface area contributed by atoms with Gasteiger partial charge in [0.2, 0.25) is 11.8 Å². The molecule has 2 bridgehead atoms. The minimum absolute atomic E-state index is 0.0351. The number of fused-ring (bicyclic) bond motifs is 6. The molecular weight excluding hydrogens is 506 g/mol. The van der Waals surface area contributed by atoms with Gasteiger partial charge in [0, 0.05) is 36.1 Å². The van der Waals surface area contributed by atoms with Crippen molar-refractivity contribution in [1.29, 1.82) is 5.26 Å². The van der Waals surface area contributed by atoms with Gasteiger partial charge in [-0.05, 0) is 36.8 Å². The molecule has 3 saturated heterocycles. The van der Waals surface area contributed by atoms with E-state index in [2.05, 4.69) is 10.6 Å². The molecule has 2 aromatic carbocycles. The van der Waals surface area contributed by atoms with Crippen LogP contribution in [0.3, 0.4) is 0 Å². The molecule has 2 aromatic rings. The molecule has 1 saturated carbocycles. The maximum absolute atomic E-state index is 15.2. The molecule has 202 valence electrons. The lowest BCUT2D eigenvalue weighted by Crippen LogP contribution is -2.70. The molecule has 3 heterocycles. The predicted molar refractivity (Wildman–Crippen MR) is 135 cm³/mol. The maximum atomic E-state index is 15.2. The van der Waals surface area contributed by atoms with Crippen molar-refractivity contribution in [3.63, 3.8) is 0 Å². The zero-order chi connectivity index (χ0) is 27.5. The number of amides is 3. The topological polar surface area (TPSA) is 123 Å². The minimum Gasteiger partial charge on any atom is -0.372 e. The van der Waals surface area contributed by atoms with Crippen molar-refractivity contribution < 1.29 is 28.3 Å². The number of hydrogen-bond acceptors (Lipinski definition) is 5. The van der Waals surface area contributed by atoms with Crippen molar-refractivity contribution in [3.05, 3.63) is 59.7 Å². The van der Waals surface area contributed by atoms with Gasteiger partial charge in [0.05, 0.1) is 12.0 Å². The van der Waals surface area contributed by atoms with Crippen LogP contribution in [0.25, 0.3) is 11.1 Å². The summed E-state index contributed by atoms with van der Waals surface area (Å²) in [6, 6.07) is 12.2. The maximum Gasteiger partial charge on any atom is 0.264 e. The lowest BCUT2D eigenvalue weighted by atomic mass is 9.70. The van der Waals surface area contributed by atoms with E-state index >= 15 is 8.78 Å². The predicted octanol–water partition coefficient (Wildman–Crippen LogP) is 2.45. The summed E-state index contributed by atoms with van der Waals surface area (Å²) in [5.41, 5.74) is -0.153. The van der Waals surface area contributed by atoms with Crippen LogP contribution in [-0.2, 0) is 20.0 Å². The number of alkyl halides is 2. The second-order valence-corrected chi connectivity index (χ2v) is 11.0. The van der Waals surface area contributed by atoms with Crippen molar-refractivity contribution >= 4 is 17.7 Å². The van der Waals surface area contributed by atoms with Crippen LogP contribution in [0.15, 0.2) is 48.5 Å². The Kier molecular flexibility index (Phi) is 5.95. The summed E-state index contributed by atoms with van der Waals surface area (Å²) in [6.45, 7) is 0.470. The first-order valence-electron chi connectivity index (χ1n) is 13.3. The zero-order valence-corrected chi connectivity index (χ0v) is 21.1. The molecule has 0 spiro atoms. The van der Waals surface area contributed by atoms with E-state index in [0.29, 0.717) is 35.2 Å². The van der Waals surface area contributed by atoms with Gasteiger partial charge in [-0.1, -0.05) is 48.5 Å². The van der Waals surface area contributed by atoms with Gasteiger partial charge in [-0.2, -0.15) is 5.26 Å². The number of nitriles is 1. The molecule has 7 rings (SSSR count). The average Bonchev–Trinajstić information content (AvgIpc) is 3.46. The highest BCUT2D eigenvalue weighted by molar-refractivity contribution is 6.01. The molecule has 5 aliphatic rings. The van der Waals surface area contributed by atoms with Gasteiger partial charge in [0.15, 0.2) is 5.60 Å². The normalized spacial score (nSPS) is 28.2. The molecule has 5 atom stereocenters. The van der Waals surface area contributed by atoms with Crippen molar-refractivity contribution in [1.82, 2.24) is 15.5 Å². The Labute approximate surface area is 224 Å². The molecule has 0 aromatic heterocycles. The fraction of sp³-hybridized carbons (Fsp3) is 0.448. The van der Waals surface area contributed by atoms with E-state index in [9.17, 15) is 24.8 Å². The number of carbonyl (C=O) groups is 3. The van der Waals surface area contributed by atoms with E-state index in [1.54, 1.807) is 48.5 Å². The molecule has 0 radical (unpaired) electrons. The Hall–Kier alpha value is -3.84. The summed E-state index contributed by atoms with van der Waals surface area (Å²) < 4.78 is 30.4. The highest BCUT2D eigenvalue weighted by Gasteiger charge is 2.63. The summed E-state index contributed by atoms with van der Waals surface area (Å²) in [5.74, 6) is -7.03. The fourth-order valence-electron chi connectivity index (χ4n) is 6.98. The molecule has 3 amide bonds. The third-order valence-corrected chi connectivity index (χ3v) is 8.83. The van der Waals surface area contributed by atoms with Crippen LogP contribution < -0.4 is 10.6 Å². The quantitative estimate of drug-likeness (QED) is 0.544. The van der Waals surface area contributed by atoms with Gasteiger partial charge in [-0.25, -0.2) is 8.78 Å². The highest BCUT2D eigenvalue weighted by atomic mass is 19.3. The van der Waals surface area contributed by atoms with Crippen molar-refractivity contribution in [2.75, 3.05) is 6.54 Å². The molecule has 10 heteroatoms. The molecule has 2 aliphatic carbocycles. The summed E-state index contributed by atoms with van der Waals surface area (Å²) in [7, 11) is 0. The average molecular weight is 535 g/mol. The fourth-order valence-corrected chi connectivity index (χ4v) is 6.98. The van der Waals surface area contributed by atoms with Gasteiger partial charge >= 0.3 is 0 Å². The Balaban J connectivity index is 1.36. The number of benzene rings is 2. The summed E-state index contributed by atoms with van der Waals surface area (Å²) >= 11 is 0. The largest absolute Gasteiger partial charge is 0.372 e. The van der Waals surface area contributed by atoms with E-state index in [4.69, 9.17) is 0 Å². The summed E-state index contributed by atoms with van der Waals surface area (Å²) in [6.07, 6.45) is 0.266. The van der Waals surface area contributed by atoms with E-state index in [1.165, 1.54) is 0 Å². The lowest BCUT2D eigenvalue weighted by Gasteiger charge is -2.54. The SMILES string of the molecule is N#C[C@H](C[C@@H]1CCNC1=O)NC(=O)[C@H]1[C@H]2CC[C@H](CC2(F)F)N1C(=O)C1(O)c2ccccc2-c2ccccc21. The van der Waals surface area contributed by atoms with Crippen LogP contribution in [0.4, 0.5) is 8.78 Å². The van der Waals surface area contributed by atoms with E-state index in [0.717, 1.165) is 4.90 Å². The number of halogens is 2. The van der Waals surface area contributed by atoms with Gasteiger partial charge in [0.25, 0.3) is 11.8 Å². The zero-order valence-electron chi connectivity index (χ0n) is 21.1. The monoisotopic (exact) mass is 534 g/mol. The molecule has 3 aliphatic heterocycles. The number of rotatable bonds is 5. The first kappa shape index (κ1) is 25.4. The van der Waals surface area contributed by atoms with Crippen LogP contribution >= 0.6 is 0 Å². The number of hydrogen-bond donors (Lipinski definition) is 3. The van der Waals surface area contributed by atoms with Crippen molar-refractivity contribution in [2.45, 2.75) is 61.8 Å². The van der Waals surface area contributed by atoms with Crippen molar-refractivity contribution in [2.24, 2.45) is 11.8 Å². The van der Waals surface area contributed by atoms with Crippen molar-refractivity contribution in [3.8, 4) is 17.2 Å². The van der Waals surface area contributed by atoms with Crippen LogP contribution in [-0.4, -0.2) is 58.3 Å². The molecule has 8 nitrogen and oxygen atoms in total. The molecular formula is C29H28F2N4O4. The number of aliphatic hydroxyl groups is 1. The third kappa shape index (κ3) is 3.82. The second kappa shape index (κ2) is 9.12. The first-order valence-corrected chi connectivity index (χ1v) is 13.3. The van der Waals surface area contributed by atoms with Crippen LogP contribution in [0.5, 0.6) is 0 Å². The Morgan fingerprint density at radius 1 is 1.10 bits per heavy atom. The summed E-state index contributed by atoms with van der Waals surface area (Å²) in [5, 5.41) is 27.0. The number of nitrogens with zero attached hydrogens (tertiary/aromatic N) is 2. The Morgan fingerprint density at radius 3 is 2.31 bits per heavy atom. The first-order chi connectivity index (χ1) is 18.7. The van der Waals surface area contributed by atoms with E-state index in [-0.39, 0.29) is 25.2 Å². The van der Waals surface area contributed by atoms with E-state index < -0.39 is 59.7 Å². The van der Waals surface area contributed by atoms with Gasteiger partial charge in [0.1, 0.15) is 12.1 Å². The smallest absolute Gasteiger partial charge is 0.264 e. The third-order valence-electron chi connectivity index (χ3n) is 8.83. The lowest BCUT2D eigenvalue weighted by molar-refractivity contribution is -0.201. The van der Waals surface area contributed by atoms with Gasteiger partial charge < -0.3 is 20.6 Å². The molecule has 39 heavy (non-hydrogen) atoms. The highest BCUT2D eigenvalue weighted by Crippen LogP contribution is 2.53. The molecule has 4 fully saturated rings. The number of carbonyl (C=O) groups excluding carboxylic acids is 3. The van der Waals surface area contributed by atoms with Crippen LogP contribution in [0.1, 0.15) is 43.2 Å². The standard InChI is InChI=1S/C29H28F2N4O4/c30-28(31)14-18-9-10-23(28)24(26(37)34-17(15-32)13-16-11-12-33-25(16)36)35(18)27(38)29(39)21-7-3-1-5-19(21)20-6-2-4-8-22(20)29/h1-8,16-18,23-24,39H,9-14H2,(H,33,36)(H,34,37)/t16-,17-,18+,23+,24+/m0/s1. The molecule has 0 unspecified atom stereocenters. The van der Waals surface area contributed by atoms with E-state index in [1.807, 2.05) is 6.07 Å². The number of piperidine rings is 2. The Morgan fingerprint density at radius 2 is 1.74 bits per heavy atom. The second-order valence-electron chi connectivity index (χ2n) is 11.0. The van der Waals surface area contributed by atoms with Gasteiger partial charge in [-0.15, -0.1) is 0 Å². The summed E-state index contributed by atoms with van der Waals surface area (Å²) in [4.78, 5) is 41.2. The van der Waals surface area contributed by atoms with Crippen LogP contribution in [0, 0.1) is 23.2 Å². The molecule has 3 N–H and O–H groups in total.